The van der Waals surface area contributed by atoms with Crippen molar-refractivity contribution < 1.29 is 8.42 Å². The van der Waals surface area contributed by atoms with Gasteiger partial charge in [0.1, 0.15) is 5.69 Å². The Hall–Kier alpha value is -1.40. The summed E-state index contributed by atoms with van der Waals surface area (Å²) in [5.41, 5.74) is 1.08. The summed E-state index contributed by atoms with van der Waals surface area (Å²) in [6.45, 7) is 1.57. The lowest BCUT2D eigenvalue weighted by molar-refractivity contribution is 0.609. The third-order valence-electron chi connectivity index (χ3n) is 2.49. The molecule has 0 aliphatic heterocycles. The number of hydrogen-bond donors (Lipinski definition) is 0. The number of aromatic nitrogens is 2. The summed E-state index contributed by atoms with van der Waals surface area (Å²) >= 11 is 0. The first-order valence-electron chi connectivity index (χ1n) is 4.73. The van der Waals surface area contributed by atoms with Crippen molar-refractivity contribution >= 4 is 30.8 Å². The average Bonchev–Trinajstić information content (AvgIpc) is 2.24. The number of rotatable bonds is 1. The van der Waals surface area contributed by atoms with Gasteiger partial charge in [-0.3, -0.25) is 4.79 Å². The van der Waals surface area contributed by atoms with Crippen LogP contribution in [0, 0.1) is 6.92 Å². The van der Waals surface area contributed by atoms with Gasteiger partial charge in [-0.25, -0.2) is 13.4 Å². The van der Waals surface area contributed by atoms with Crippen LogP contribution in [0.2, 0.25) is 0 Å². The number of halogens is 1. The molecule has 2 rings (SSSR count). The van der Waals surface area contributed by atoms with Gasteiger partial charge < -0.3 is 4.57 Å². The highest BCUT2D eigenvalue weighted by Gasteiger charge is 2.12. The minimum Gasteiger partial charge on any atom is -0.308 e. The molecule has 0 aliphatic rings. The molecule has 0 amide bonds. The zero-order chi connectivity index (χ0) is 12.8. The van der Waals surface area contributed by atoms with Crippen LogP contribution in [-0.2, 0) is 16.1 Å². The summed E-state index contributed by atoms with van der Waals surface area (Å²) in [5.74, 6) is 0. The number of hydrogen-bond acceptors (Lipinski definition) is 4. The first-order chi connectivity index (χ1) is 7.80. The fourth-order valence-corrected chi connectivity index (χ4v) is 2.38. The second kappa shape index (κ2) is 3.82. The molecule has 0 saturated carbocycles. The van der Waals surface area contributed by atoms with E-state index in [2.05, 4.69) is 4.98 Å². The maximum atomic E-state index is 11.6. The van der Waals surface area contributed by atoms with E-state index in [0.717, 1.165) is 0 Å². The molecule has 0 atom stereocenters. The van der Waals surface area contributed by atoms with E-state index in [0.29, 0.717) is 16.7 Å². The number of fused-ring (bicyclic) bond motifs is 1. The zero-order valence-electron chi connectivity index (χ0n) is 9.14. The van der Waals surface area contributed by atoms with Crippen LogP contribution >= 0.6 is 10.7 Å². The van der Waals surface area contributed by atoms with Gasteiger partial charge >= 0.3 is 0 Å². The summed E-state index contributed by atoms with van der Waals surface area (Å²) in [5, 5.41) is 0. The number of aryl methyl sites for hydroxylation is 2. The second-order valence-electron chi connectivity index (χ2n) is 3.65. The molecule has 0 bridgehead atoms. The van der Waals surface area contributed by atoms with Crippen molar-refractivity contribution in [2.75, 3.05) is 0 Å². The topological polar surface area (TPSA) is 69.0 Å². The van der Waals surface area contributed by atoms with E-state index in [1.807, 2.05) is 0 Å². The molecule has 1 aromatic carbocycles. The molecule has 0 aliphatic carbocycles. The molecule has 0 radical (unpaired) electrons. The van der Waals surface area contributed by atoms with E-state index in [-0.39, 0.29) is 10.5 Å². The molecule has 1 heterocycles. The molecule has 7 heteroatoms. The maximum Gasteiger partial charge on any atom is 0.272 e. The van der Waals surface area contributed by atoms with Gasteiger partial charge in [0.2, 0.25) is 0 Å². The Bertz CT molecular complexity index is 765. The summed E-state index contributed by atoms with van der Waals surface area (Å²) in [7, 11) is 3.07. The fourth-order valence-electron chi connectivity index (χ4n) is 1.61. The first-order valence-corrected chi connectivity index (χ1v) is 7.03. The predicted octanol–water partition coefficient (Wildman–Crippen LogP) is 1.17. The minimum absolute atomic E-state index is 0.0304. The Balaban J connectivity index is 2.90. The van der Waals surface area contributed by atoms with Crippen LogP contribution in [0.4, 0.5) is 0 Å². The molecule has 0 unspecified atom stereocenters. The Morgan fingerprint density at radius 2 is 2.00 bits per heavy atom. The maximum absolute atomic E-state index is 11.6. The molecule has 90 valence electrons. The van der Waals surface area contributed by atoms with Crippen molar-refractivity contribution in [3.05, 3.63) is 34.2 Å². The monoisotopic (exact) mass is 272 g/mol. The normalized spacial score (nSPS) is 11.9. The van der Waals surface area contributed by atoms with Gasteiger partial charge in [0, 0.05) is 17.7 Å². The number of nitrogens with zero attached hydrogens (tertiary/aromatic N) is 2. The van der Waals surface area contributed by atoms with Crippen LogP contribution < -0.4 is 5.56 Å². The van der Waals surface area contributed by atoms with Gasteiger partial charge in [-0.05, 0) is 25.1 Å². The summed E-state index contributed by atoms with van der Waals surface area (Å²) < 4.78 is 23.8. The minimum atomic E-state index is -3.79. The van der Waals surface area contributed by atoms with Gasteiger partial charge in [-0.15, -0.1) is 0 Å². The quantitative estimate of drug-likeness (QED) is 0.731. The lowest BCUT2D eigenvalue weighted by Crippen LogP contribution is -2.21. The largest absolute Gasteiger partial charge is 0.308 e. The average molecular weight is 273 g/mol. The van der Waals surface area contributed by atoms with Crippen molar-refractivity contribution in [1.29, 1.82) is 0 Å². The van der Waals surface area contributed by atoms with Gasteiger partial charge in [0.05, 0.1) is 15.9 Å². The lowest BCUT2D eigenvalue weighted by Gasteiger charge is -2.06. The predicted molar refractivity (Wildman–Crippen MR) is 64.8 cm³/mol. The molecule has 0 fully saturated rings. The van der Waals surface area contributed by atoms with Crippen LogP contribution in [0.5, 0.6) is 0 Å². The summed E-state index contributed by atoms with van der Waals surface area (Å²) in [4.78, 5) is 15.6. The van der Waals surface area contributed by atoms with Crippen molar-refractivity contribution in [2.24, 2.45) is 7.05 Å². The highest BCUT2D eigenvalue weighted by atomic mass is 35.7. The Morgan fingerprint density at radius 3 is 2.59 bits per heavy atom. The molecule has 0 spiro atoms. The Labute approximate surface area is 102 Å². The van der Waals surface area contributed by atoms with Gasteiger partial charge in [-0.2, -0.15) is 0 Å². The van der Waals surface area contributed by atoms with E-state index < -0.39 is 9.05 Å². The third-order valence-corrected chi connectivity index (χ3v) is 3.84. The van der Waals surface area contributed by atoms with Crippen molar-refractivity contribution in [3.8, 4) is 0 Å². The molecule has 2 aromatic rings. The second-order valence-corrected chi connectivity index (χ2v) is 6.22. The SMILES string of the molecule is Cc1nc2cc(S(=O)(=O)Cl)ccc2n(C)c1=O. The van der Waals surface area contributed by atoms with Crippen molar-refractivity contribution in [3.63, 3.8) is 0 Å². The van der Waals surface area contributed by atoms with E-state index in [4.69, 9.17) is 10.7 Å². The molecule has 1 aromatic heterocycles. The van der Waals surface area contributed by atoms with Crippen LogP contribution in [0.1, 0.15) is 5.69 Å². The zero-order valence-corrected chi connectivity index (χ0v) is 10.7. The molecule has 17 heavy (non-hydrogen) atoms. The standard InChI is InChI=1S/C10H9ClN2O3S/c1-6-10(14)13(2)9-4-3-7(17(11,15)16)5-8(9)12-6/h3-5H,1-2H3. The highest BCUT2D eigenvalue weighted by Crippen LogP contribution is 2.19. The van der Waals surface area contributed by atoms with Crippen molar-refractivity contribution in [1.82, 2.24) is 9.55 Å². The van der Waals surface area contributed by atoms with E-state index >= 15 is 0 Å². The fraction of sp³-hybridized carbons (Fsp3) is 0.200. The van der Waals surface area contributed by atoms with Gasteiger partial charge in [0.15, 0.2) is 0 Å². The first kappa shape index (κ1) is 12.1. The highest BCUT2D eigenvalue weighted by molar-refractivity contribution is 8.13. The Morgan fingerprint density at radius 1 is 1.35 bits per heavy atom. The molecular formula is C10H9ClN2O3S. The van der Waals surface area contributed by atoms with E-state index in [1.54, 1.807) is 14.0 Å². The molecule has 0 saturated heterocycles. The van der Waals surface area contributed by atoms with Gasteiger partial charge in [-0.1, -0.05) is 0 Å². The molecule has 5 nitrogen and oxygen atoms in total. The van der Waals surface area contributed by atoms with Crippen molar-refractivity contribution in [2.45, 2.75) is 11.8 Å². The third kappa shape index (κ3) is 2.05. The van der Waals surface area contributed by atoms with Crippen LogP contribution in [0.15, 0.2) is 27.9 Å². The van der Waals surface area contributed by atoms with Gasteiger partial charge in [0.25, 0.3) is 14.6 Å². The van der Waals surface area contributed by atoms with Crippen LogP contribution in [-0.4, -0.2) is 18.0 Å². The lowest BCUT2D eigenvalue weighted by atomic mass is 10.3. The molecule has 0 N–H and O–H groups in total. The molecular weight excluding hydrogens is 264 g/mol. The summed E-state index contributed by atoms with van der Waals surface area (Å²) in [6, 6.07) is 4.21. The van der Waals surface area contributed by atoms with Crippen LogP contribution in [0.25, 0.3) is 11.0 Å². The summed E-state index contributed by atoms with van der Waals surface area (Å²) in [6.07, 6.45) is 0. The van der Waals surface area contributed by atoms with E-state index in [1.165, 1.54) is 22.8 Å². The van der Waals surface area contributed by atoms with E-state index in [9.17, 15) is 13.2 Å². The smallest absolute Gasteiger partial charge is 0.272 e. The Kier molecular flexibility index (Phi) is 2.71. The van der Waals surface area contributed by atoms with Crippen LogP contribution in [0.3, 0.4) is 0 Å². The number of benzene rings is 1.